The van der Waals surface area contributed by atoms with Crippen molar-refractivity contribution in [1.82, 2.24) is 0 Å². The van der Waals surface area contributed by atoms with Gasteiger partial charge in [-0.15, -0.1) is 0 Å². The van der Waals surface area contributed by atoms with Gasteiger partial charge in [-0.2, -0.15) is 5.26 Å². The molecule has 1 atom stereocenters. The maximum Gasteiger partial charge on any atom is 0.351 e. The summed E-state index contributed by atoms with van der Waals surface area (Å²) in [5.74, 6) is -0.854. The van der Waals surface area contributed by atoms with Gasteiger partial charge < -0.3 is 4.74 Å². The lowest BCUT2D eigenvalue weighted by Gasteiger charge is -2.18. The van der Waals surface area contributed by atoms with Gasteiger partial charge in [-0.05, 0) is 32.9 Å². The molecule has 1 amide bonds. The standard InChI is InChI=1S/C16H16N2O3S/c1-4-21-16(20)13(9-17)15-18(14(19)11(3)22-15)12-7-5-10(2)6-8-12/h5-8,11H,4H2,1-3H3/b15-13+/t11-/m1/s1. The van der Waals surface area contributed by atoms with E-state index in [0.29, 0.717) is 10.7 Å². The molecule has 1 aliphatic rings. The predicted molar refractivity (Wildman–Crippen MR) is 85.0 cm³/mol. The van der Waals surface area contributed by atoms with Gasteiger partial charge >= 0.3 is 5.97 Å². The van der Waals surface area contributed by atoms with Crippen molar-refractivity contribution in [3.05, 3.63) is 40.4 Å². The summed E-state index contributed by atoms with van der Waals surface area (Å²) in [5, 5.41) is 9.29. The molecule has 0 aromatic heterocycles. The van der Waals surface area contributed by atoms with E-state index in [1.807, 2.05) is 25.1 Å². The van der Waals surface area contributed by atoms with Gasteiger partial charge in [-0.25, -0.2) is 4.79 Å². The average Bonchev–Trinajstić information content (AvgIpc) is 2.77. The quantitative estimate of drug-likeness (QED) is 0.487. The van der Waals surface area contributed by atoms with Gasteiger partial charge in [0, 0.05) is 5.69 Å². The Kier molecular flexibility index (Phi) is 4.88. The van der Waals surface area contributed by atoms with Crippen LogP contribution in [0.2, 0.25) is 0 Å². The van der Waals surface area contributed by atoms with Crippen molar-refractivity contribution >= 4 is 29.3 Å². The zero-order chi connectivity index (χ0) is 16.3. The highest BCUT2D eigenvalue weighted by atomic mass is 32.2. The Morgan fingerprint density at radius 2 is 2.05 bits per heavy atom. The van der Waals surface area contributed by atoms with Crippen molar-refractivity contribution in [1.29, 1.82) is 5.26 Å². The van der Waals surface area contributed by atoms with Crippen molar-refractivity contribution in [2.24, 2.45) is 0 Å². The highest BCUT2D eigenvalue weighted by Gasteiger charge is 2.38. The number of carbonyl (C=O) groups is 2. The van der Waals surface area contributed by atoms with Crippen LogP contribution in [0.4, 0.5) is 5.69 Å². The van der Waals surface area contributed by atoms with E-state index in [0.717, 1.165) is 5.56 Å². The Morgan fingerprint density at radius 3 is 2.59 bits per heavy atom. The highest BCUT2D eigenvalue weighted by molar-refractivity contribution is 8.05. The number of hydrogen-bond acceptors (Lipinski definition) is 5. The smallest absolute Gasteiger partial charge is 0.351 e. The molecule has 1 aliphatic heterocycles. The molecule has 0 unspecified atom stereocenters. The average molecular weight is 316 g/mol. The van der Waals surface area contributed by atoms with Crippen LogP contribution < -0.4 is 4.90 Å². The third-order valence-electron chi connectivity index (χ3n) is 3.16. The van der Waals surface area contributed by atoms with Crippen molar-refractivity contribution in [3.63, 3.8) is 0 Å². The molecule has 0 N–H and O–H groups in total. The summed E-state index contributed by atoms with van der Waals surface area (Å²) in [6.07, 6.45) is 0. The van der Waals surface area contributed by atoms with Crippen LogP contribution in [0.15, 0.2) is 34.9 Å². The van der Waals surface area contributed by atoms with Crippen LogP contribution in [0.25, 0.3) is 0 Å². The van der Waals surface area contributed by atoms with Gasteiger partial charge in [0.25, 0.3) is 0 Å². The second kappa shape index (κ2) is 6.67. The number of carbonyl (C=O) groups excluding carboxylic acids is 2. The first-order valence-corrected chi connectivity index (χ1v) is 7.76. The van der Waals surface area contributed by atoms with Crippen molar-refractivity contribution < 1.29 is 14.3 Å². The molecule has 0 radical (unpaired) electrons. The van der Waals surface area contributed by atoms with E-state index in [4.69, 9.17) is 4.74 Å². The number of benzene rings is 1. The number of nitriles is 1. The number of aryl methyl sites for hydroxylation is 1. The van der Waals surface area contributed by atoms with Crippen LogP contribution in [0.1, 0.15) is 19.4 Å². The number of thioether (sulfide) groups is 1. The number of ether oxygens (including phenoxy) is 1. The first-order chi connectivity index (χ1) is 10.5. The second-order valence-electron chi connectivity index (χ2n) is 4.78. The molecule has 0 spiro atoms. The molecule has 0 saturated carbocycles. The molecular formula is C16H16N2O3S. The van der Waals surface area contributed by atoms with E-state index in [9.17, 15) is 14.9 Å². The van der Waals surface area contributed by atoms with Crippen LogP contribution in [-0.4, -0.2) is 23.7 Å². The van der Waals surface area contributed by atoms with Gasteiger partial charge in [0.15, 0.2) is 5.57 Å². The van der Waals surface area contributed by atoms with Crippen LogP contribution in [-0.2, 0) is 14.3 Å². The van der Waals surface area contributed by atoms with Crippen LogP contribution in [0.5, 0.6) is 0 Å². The van der Waals surface area contributed by atoms with Gasteiger partial charge in [-0.3, -0.25) is 9.69 Å². The normalized spacial score (nSPS) is 19.8. The fourth-order valence-corrected chi connectivity index (χ4v) is 3.13. The zero-order valence-electron chi connectivity index (χ0n) is 12.6. The molecule has 22 heavy (non-hydrogen) atoms. The van der Waals surface area contributed by atoms with Gasteiger partial charge in [-0.1, -0.05) is 29.5 Å². The molecular weight excluding hydrogens is 300 g/mol. The molecule has 0 bridgehead atoms. The lowest BCUT2D eigenvalue weighted by molar-refractivity contribution is -0.138. The maximum atomic E-state index is 12.4. The number of amides is 1. The van der Waals surface area contributed by atoms with Crippen LogP contribution >= 0.6 is 11.8 Å². The molecule has 5 nitrogen and oxygen atoms in total. The lowest BCUT2D eigenvalue weighted by atomic mass is 10.2. The van der Waals surface area contributed by atoms with E-state index in [-0.39, 0.29) is 23.3 Å². The molecule has 1 heterocycles. The Labute approximate surface area is 133 Å². The van der Waals surface area contributed by atoms with Crippen molar-refractivity contribution in [2.45, 2.75) is 26.0 Å². The number of rotatable bonds is 3. The Morgan fingerprint density at radius 1 is 1.41 bits per heavy atom. The second-order valence-corrected chi connectivity index (χ2v) is 6.11. The minimum absolute atomic E-state index is 0.134. The number of hydrogen-bond donors (Lipinski definition) is 0. The summed E-state index contributed by atoms with van der Waals surface area (Å²) >= 11 is 1.20. The molecule has 2 rings (SSSR count). The van der Waals surface area contributed by atoms with E-state index < -0.39 is 5.97 Å². The van der Waals surface area contributed by atoms with Crippen molar-refractivity contribution in [2.75, 3.05) is 11.5 Å². The van der Waals surface area contributed by atoms with Gasteiger partial charge in [0.1, 0.15) is 11.1 Å². The monoisotopic (exact) mass is 316 g/mol. The summed E-state index contributed by atoms with van der Waals surface area (Å²) in [6, 6.07) is 9.22. The Bertz CT molecular complexity index is 674. The highest BCUT2D eigenvalue weighted by Crippen LogP contribution is 2.40. The summed E-state index contributed by atoms with van der Waals surface area (Å²) in [5.41, 5.74) is 1.57. The Balaban J connectivity index is 2.52. The fourth-order valence-electron chi connectivity index (χ4n) is 2.05. The molecule has 0 aliphatic carbocycles. The molecule has 6 heteroatoms. The molecule has 1 aromatic carbocycles. The first-order valence-electron chi connectivity index (χ1n) is 6.88. The predicted octanol–water partition coefficient (Wildman–Crippen LogP) is 2.76. The van der Waals surface area contributed by atoms with Crippen molar-refractivity contribution in [3.8, 4) is 6.07 Å². The zero-order valence-corrected chi connectivity index (χ0v) is 13.4. The van der Waals surface area contributed by atoms with Gasteiger partial charge in [0.05, 0.1) is 11.9 Å². The molecule has 1 saturated heterocycles. The third-order valence-corrected chi connectivity index (χ3v) is 4.32. The van der Waals surface area contributed by atoms with E-state index in [1.165, 1.54) is 16.7 Å². The summed E-state index contributed by atoms with van der Waals surface area (Å²) < 4.78 is 4.91. The van der Waals surface area contributed by atoms with Crippen LogP contribution in [0.3, 0.4) is 0 Å². The van der Waals surface area contributed by atoms with E-state index >= 15 is 0 Å². The summed E-state index contributed by atoms with van der Waals surface area (Å²) in [6.45, 7) is 5.55. The number of anilines is 1. The summed E-state index contributed by atoms with van der Waals surface area (Å²) in [4.78, 5) is 25.8. The minimum atomic E-state index is -0.702. The lowest BCUT2D eigenvalue weighted by Crippen LogP contribution is -2.28. The van der Waals surface area contributed by atoms with E-state index in [2.05, 4.69) is 0 Å². The molecule has 1 fully saturated rings. The van der Waals surface area contributed by atoms with Crippen LogP contribution in [0, 0.1) is 18.3 Å². The number of esters is 1. The van der Waals surface area contributed by atoms with Gasteiger partial charge in [0.2, 0.25) is 5.91 Å². The fraction of sp³-hybridized carbons (Fsp3) is 0.312. The molecule has 1 aromatic rings. The van der Waals surface area contributed by atoms with E-state index in [1.54, 1.807) is 26.0 Å². The SMILES string of the molecule is CCOC(=O)/C(C#N)=C1/S[C@H](C)C(=O)N1c1ccc(C)cc1. The largest absolute Gasteiger partial charge is 0.462 e. The minimum Gasteiger partial charge on any atom is -0.462 e. The summed E-state index contributed by atoms with van der Waals surface area (Å²) in [7, 11) is 0. The maximum absolute atomic E-state index is 12.4. The molecule has 114 valence electrons. The topological polar surface area (TPSA) is 70.4 Å². The third kappa shape index (κ3) is 3.00. The number of nitrogens with zero attached hydrogens (tertiary/aromatic N) is 2. The first kappa shape index (κ1) is 16.1. The Hall–Kier alpha value is -2.26.